The van der Waals surface area contributed by atoms with Gasteiger partial charge in [-0.05, 0) is 56.0 Å². The molecule has 0 saturated carbocycles. The molecule has 8 heteroatoms. The van der Waals surface area contributed by atoms with Crippen LogP contribution in [0.4, 0.5) is 0 Å². The van der Waals surface area contributed by atoms with E-state index in [1.165, 1.54) is 24.3 Å². The van der Waals surface area contributed by atoms with E-state index in [9.17, 15) is 18.0 Å². The van der Waals surface area contributed by atoms with Gasteiger partial charge in [0.05, 0.1) is 0 Å². The minimum atomic E-state index is -4.15. The summed E-state index contributed by atoms with van der Waals surface area (Å²) in [4.78, 5) is 26.0. The average molecular weight is 484 g/mol. The van der Waals surface area contributed by atoms with Crippen molar-refractivity contribution in [3.63, 3.8) is 0 Å². The molecule has 1 heterocycles. The molecular formula is C25H22ClNO5S. The van der Waals surface area contributed by atoms with Gasteiger partial charge in [-0.1, -0.05) is 29.8 Å². The number of hydrogen-bond donors (Lipinski definition) is 1. The maximum absolute atomic E-state index is 13.0. The fraction of sp³-hybridized carbons (Fsp3) is 0.280. The van der Waals surface area contributed by atoms with Crippen LogP contribution in [-0.4, -0.2) is 20.0 Å². The highest BCUT2D eigenvalue weighted by Gasteiger charge is 2.41. The summed E-state index contributed by atoms with van der Waals surface area (Å²) in [5.74, 6) is -0.577. The third-order valence-electron chi connectivity index (χ3n) is 6.32. The molecule has 3 aliphatic rings. The van der Waals surface area contributed by atoms with Gasteiger partial charge in [0.15, 0.2) is 11.6 Å². The molecule has 0 spiro atoms. The van der Waals surface area contributed by atoms with Crippen molar-refractivity contribution in [2.24, 2.45) is 0 Å². The molecule has 33 heavy (non-hydrogen) atoms. The number of halogens is 1. The topological polar surface area (TPSA) is 89.5 Å². The molecule has 2 aromatic carbocycles. The quantitative estimate of drug-likeness (QED) is 0.628. The number of carbonyl (C=O) groups is 2. The van der Waals surface area contributed by atoms with E-state index in [4.69, 9.17) is 15.8 Å². The van der Waals surface area contributed by atoms with E-state index in [1.54, 1.807) is 24.3 Å². The smallest absolute Gasteiger partial charge is 0.339 e. The van der Waals surface area contributed by atoms with E-state index in [-0.39, 0.29) is 22.2 Å². The maximum atomic E-state index is 13.0. The Morgan fingerprint density at radius 2 is 1.39 bits per heavy atom. The van der Waals surface area contributed by atoms with E-state index < -0.39 is 16.0 Å². The van der Waals surface area contributed by atoms with Crippen LogP contribution in [0.5, 0.6) is 5.75 Å². The Balaban J connectivity index is 1.63. The van der Waals surface area contributed by atoms with Gasteiger partial charge < -0.3 is 9.50 Å². The molecule has 1 N–H and O–H groups in total. The molecule has 0 saturated heterocycles. The molecule has 0 fully saturated rings. The summed E-state index contributed by atoms with van der Waals surface area (Å²) in [6.45, 7) is 0. The molecule has 2 aromatic rings. The predicted octanol–water partition coefficient (Wildman–Crippen LogP) is 4.81. The van der Waals surface area contributed by atoms with Crippen molar-refractivity contribution in [1.29, 1.82) is 0 Å². The molecule has 6 nitrogen and oxygen atoms in total. The molecule has 5 rings (SSSR count). The molecular weight excluding hydrogens is 462 g/mol. The fourth-order valence-corrected chi connectivity index (χ4v) is 5.94. The second-order valence-electron chi connectivity index (χ2n) is 8.43. The maximum Gasteiger partial charge on any atom is 0.339 e. The van der Waals surface area contributed by atoms with Gasteiger partial charge >= 0.3 is 10.1 Å². The van der Waals surface area contributed by atoms with Crippen LogP contribution in [0, 0.1) is 0 Å². The van der Waals surface area contributed by atoms with Gasteiger partial charge in [0.1, 0.15) is 10.6 Å². The lowest BCUT2D eigenvalue weighted by atomic mass is 9.71. The summed E-state index contributed by atoms with van der Waals surface area (Å²) in [7, 11) is -4.15. The van der Waals surface area contributed by atoms with Gasteiger partial charge in [0.2, 0.25) is 0 Å². The predicted molar refractivity (Wildman–Crippen MR) is 123 cm³/mol. The fourth-order valence-electron chi connectivity index (χ4n) is 4.86. The minimum absolute atomic E-state index is 0.0194. The molecule has 0 radical (unpaired) electrons. The molecule has 2 aliphatic carbocycles. The highest BCUT2D eigenvalue weighted by molar-refractivity contribution is 7.87. The van der Waals surface area contributed by atoms with Crippen LogP contribution in [0.1, 0.15) is 50.0 Å². The Morgan fingerprint density at radius 1 is 0.818 bits per heavy atom. The lowest BCUT2D eigenvalue weighted by molar-refractivity contribution is -0.116. The van der Waals surface area contributed by atoms with Crippen LogP contribution in [0.25, 0.3) is 0 Å². The van der Waals surface area contributed by atoms with Crippen molar-refractivity contribution < 1.29 is 22.2 Å². The molecule has 170 valence electrons. The van der Waals surface area contributed by atoms with Crippen molar-refractivity contribution in [2.75, 3.05) is 0 Å². The summed E-state index contributed by atoms with van der Waals surface area (Å²) in [6.07, 6.45) is 3.73. The van der Waals surface area contributed by atoms with Crippen LogP contribution in [0.3, 0.4) is 0 Å². The Kier molecular flexibility index (Phi) is 5.62. The van der Waals surface area contributed by atoms with Crippen molar-refractivity contribution in [3.8, 4) is 5.75 Å². The normalized spacial score (nSPS) is 19.2. The van der Waals surface area contributed by atoms with Gasteiger partial charge in [0.25, 0.3) is 0 Å². The minimum Gasteiger partial charge on any atom is -0.379 e. The van der Waals surface area contributed by atoms with E-state index in [0.717, 1.165) is 24.2 Å². The SMILES string of the molecule is O=C1CCCC2=C1C(c1ccccc1OS(=O)(=O)c1ccc(Cl)cc1)C1=C(CCCC1=O)N2. The van der Waals surface area contributed by atoms with Crippen LogP contribution in [-0.2, 0) is 19.7 Å². The van der Waals surface area contributed by atoms with Crippen LogP contribution in [0.15, 0.2) is 76.0 Å². The van der Waals surface area contributed by atoms with Gasteiger partial charge in [0, 0.05) is 51.9 Å². The summed E-state index contributed by atoms with van der Waals surface area (Å²) in [6, 6.07) is 12.4. The number of para-hydroxylation sites is 1. The number of nitrogens with one attached hydrogen (secondary N) is 1. The second-order valence-corrected chi connectivity index (χ2v) is 10.4. The zero-order chi connectivity index (χ0) is 23.2. The monoisotopic (exact) mass is 483 g/mol. The second kappa shape index (κ2) is 8.47. The van der Waals surface area contributed by atoms with Crippen LogP contribution in [0.2, 0.25) is 5.02 Å². The third kappa shape index (κ3) is 4.00. The Hall–Kier alpha value is -2.90. The standard InChI is InChI=1S/C25H22ClNO5S/c26-15-11-13-16(14-12-15)33(30,31)32-22-10-2-1-5-17(22)23-24-18(6-3-8-20(24)28)27-19-7-4-9-21(29)25(19)23/h1-2,5,10-14,23,27H,3-4,6-9H2. The number of hydrogen-bond acceptors (Lipinski definition) is 6. The molecule has 0 atom stereocenters. The van der Waals surface area contributed by atoms with E-state index in [0.29, 0.717) is 47.4 Å². The first-order chi connectivity index (χ1) is 15.8. The number of benzene rings is 2. The highest BCUT2D eigenvalue weighted by Crippen LogP contribution is 2.47. The number of carbonyl (C=O) groups excluding carboxylic acids is 2. The Labute approximate surface area is 197 Å². The molecule has 1 aliphatic heterocycles. The van der Waals surface area contributed by atoms with Gasteiger partial charge in [-0.15, -0.1) is 0 Å². The van der Waals surface area contributed by atoms with Crippen LogP contribution >= 0.6 is 11.6 Å². The number of dihydropyridines is 1. The molecule has 0 amide bonds. The first-order valence-electron chi connectivity index (χ1n) is 10.9. The molecule has 0 unspecified atom stereocenters. The Bertz CT molecular complexity index is 1280. The average Bonchev–Trinajstić information content (AvgIpc) is 2.79. The summed E-state index contributed by atoms with van der Waals surface area (Å²) in [5.41, 5.74) is 3.27. The number of ketones is 2. The van der Waals surface area contributed by atoms with E-state index in [2.05, 4.69) is 5.32 Å². The summed E-state index contributed by atoms with van der Waals surface area (Å²) < 4.78 is 31.6. The summed E-state index contributed by atoms with van der Waals surface area (Å²) in [5, 5.41) is 3.77. The number of Topliss-reactive ketones (excluding diaryl/α,β-unsaturated/α-hetero) is 2. The van der Waals surface area contributed by atoms with Crippen molar-refractivity contribution in [1.82, 2.24) is 5.32 Å². The Morgan fingerprint density at radius 3 is 2.00 bits per heavy atom. The number of rotatable bonds is 4. The summed E-state index contributed by atoms with van der Waals surface area (Å²) >= 11 is 5.89. The molecule has 0 aromatic heterocycles. The zero-order valence-corrected chi connectivity index (χ0v) is 19.3. The lowest BCUT2D eigenvalue weighted by Gasteiger charge is -2.37. The zero-order valence-electron chi connectivity index (χ0n) is 17.8. The van der Waals surface area contributed by atoms with E-state index in [1.807, 2.05) is 0 Å². The van der Waals surface area contributed by atoms with Gasteiger partial charge in [-0.25, -0.2) is 0 Å². The van der Waals surface area contributed by atoms with Crippen molar-refractivity contribution >= 4 is 33.3 Å². The van der Waals surface area contributed by atoms with Crippen LogP contribution < -0.4 is 9.50 Å². The first kappa shape index (κ1) is 21.9. The van der Waals surface area contributed by atoms with Crippen molar-refractivity contribution in [2.45, 2.75) is 49.3 Å². The third-order valence-corrected chi connectivity index (χ3v) is 7.82. The lowest BCUT2D eigenvalue weighted by Crippen LogP contribution is -2.36. The van der Waals surface area contributed by atoms with Gasteiger partial charge in [-0.3, -0.25) is 9.59 Å². The van der Waals surface area contributed by atoms with Gasteiger partial charge in [-0.2, -0.15) is 8.42 Å². The number of allylic oxidation sites excluding steroid dienone is 4. The van der Waals surface area contributed by atoms with Crippen molar-refractivity contribution in [3.05, 3.63) is 81.7 Å². The molecule has 0 bridgehead atoms. The highest BCUT2D eigenvalue weighted by atomic mass is 35.5. The first-order valence-corrected chi connectivity index (χ1v) is 12.7. The van der Waals surface area contributed by atoms with E-state index >= 15 is 0 Å². The largest absolute Gasteiger partial charge is 0.379 e.